The van der Waals surface area contributed by atoms with Crippen LogP contribution in [-0.4, -0.2) is 46.9 Å². The Morgan fingerprint density at radius 3 is 1.28 bits per heavy atom. The lowest BCUT2D eigenvalue weighted by molar-refractivity contribution is -0.151. The molecule has 0 saturated carbocycles. The second-order valence-corrected chi connectivity index (χ2v) is 17.7. The molecule has 0 aliphatic rings. The monoisotopic (exact) mass is 854 g/mol. The molecule has 354 valence electrons. The van der Waals surface area contributed by atoms with E-state index in [4.69, 9.17) is 4.74 Å². The number of allylic oxidation sites excluding steroid dienone is 10. The zero-order valence-corrected chi connectivity index (χ0v) is 40.3. The summed E-state index contributed by atoms with van der Waals surface area (Å²) in [6.45, 7) is 6.43. The minimum atomic E-state index is -0.802. The molecule has 0 bridgehead atoms. The fourth-order valence-electron chi connectivity index (χ4n) is 7.66. The first kappa shape index (κ1) is 58.6. The smallest absolute Gasteiger partial charge is 0.306 e. The topological polar surface area (TPSA) is 95.9 Å². The van der Waals surface area contributed by atoms with Crippen molar-refractivity contribution in [2.45, 2.75) is 270 Å². The molecular formula is C55H99NO5. The van der Waals surface area contributed by atoms with Gasteiger partial charge in [-0.25, -0.2) is 0 Å². The van der Waals surface area contributed by atoms with Gasteiger partial charge >= 0.3 is 5.97 Å². The Bertz CT molecular complexity index is 1090. The van der Waals surface area contributed by atoms with E-state index in [0.29, 0.717) is 19.3 Å². The maximum Gasteiger partial charge on any atom is 0.306 e. The van der Waals surface area contributed by atoms with Crippen LogP contribution in [0.4, 0.5) is 0 Å². The molecule has 0 saturated heterocycles. The van der Waals surface area contributed by atoms with Gasteiger partial charge in [0.15, 0.2) is 0 Å². The second-order valence-electron chi connectivity index (χ2n) is 17.7. The third-order valence-corrected chi connectivity index (χ3v) is 11.7. The van der Waals surface area contributed by atoms with Crippen molar-refractivity contribution < 1.29 is 24.5 Å². The molecular weight excluding hydrogens is 755 g/mol. The van der Waals surface area contributed by atoms with Crippen LogP contribution >= 0.6 is 0 Å². The highest BCUT2D eigenvalue weighted by molar-refractivity contribution is 5.77. The number of esters is 1. The Labute approximate surface area is 378 Å². The van der Waals surface area contributed by atoms with Crippen molar-refractivity contribution in [2.24, 2.45) is 0 Å². The SMILES string of the molecule is CCCCCCC/C=C/C=C/C=C/CCCCCC(CC(=O)NC(CO)C(O)CCCCCCCCCCCC)OC(=O)CCCCC/C=C/C=C/CCCCCCCCC. The van der Waals surface area contributed by atoms with Crippen LogP contribution in [0.3, 0.4) is 0 Å². The average Bonchev–Trinajstić information content (AvgIpc) is 3.25. The normalized spacial score (nSPS) is 13.7. The van der Waals surface area contributed by atoms with E-state index in [-0.39, 0.29) is 24.9 Å². The Hall–Kier alpha value is -2.44. The van der Waals surface area contributed by atoms with Crippen LogP contribution in [0.1, 0.15) is 252 Å². The number of rotatable bonds is 46. The van der Waals surface area contributed by atoms with Gasteiger partial charge in [-0.3, -0.25) is 9.59 Å². The third-order valence-electron chi connectivity index (χ3n) is 11.7. The Balaban J connectivity index is 4.71. The molecule has 3 unspecified atom stereocenters. The van der Waals surface area contributed by atoms with Gasteiger partial charge in [0, 0.05) is 6.42 Å². The summed E-state index contributed by atoms with van der Waals surface area (Å²) in [5, 5.41) is 23.7. The minimum absolute atomic E-state index is 0.0431. The predicted molar refractivity (Wildman–Crippen MR) is 264 cm³/mol. The highest BCUT2D eigenvalue weighted by Crippen LogP contribution is 2.17. The van der Waals surface area contributed by atoms with E-state index in [1.165, 1.54) is 122 Å². The number of aliphatic hydroxyl groups is 2. The quantitative estimate of drug-likeness (QED) is 0.0322. The summed E-state index contributed by atoms with van der Waals surface area (Å²) in [4.78, 5) is 26.1. The summed E-state index contributed by atoms with van der Waals surface area (Å²) in [6.07, 6.45) is 59.9. The molecule has 6 nitrogen and oxygen atoms in total. The average molecular weight is 854 g/mol. The fraction of sp³-hybridized carbons (Fsp3) is 0.782. The fourth-order valence-corrected chi connectivity index (χ4v) is 7.66. The lowest BCUT2D eigenvalue weighted by Crippen LogP contribution is -2.46. The largest absolute Gasteiger partial charge is 0.462 e. The molecule has 6 heteroatoms. The van der Waals surface area contributed by atoms with Crippen LogP contribution in [-0.2, 0) is 14.3 Å². The van der Waals surface area contributed by atoms with Gasteiger partial charge in [0.2, 0.25) is 5.91 Å². The van der Waals surface area contributed by atoms with Gasteiger partial charge in [0.1, 0.15) is 6.10 Å². The number of amides is 1. The standard InChI is InChI=1S/C55H99NO5/c1-4-7-10-13-16-19-22-24-26-28-30-32-34-37-40-43-46-51(49-54(59)56-52(50-57)53(58)47-44-41-38-35-21-18-15-12-9-6-3)61-55(60)48-45-42-39-36-33-31-29-27-25-23-20-17-14-11-8-5-2/h22,24,26-33,51-53,57-58H,4-21,23,25,34-50H2,1-3H3,(H,56,59)/b24-22+,28-26+,29-27+,32-30+,33-31+. The highest BCUT2D eigenvalue weighted by atomic mass is 16.5. The number of carbonyl (C=O) groups is 2. The number of nitrogens with one attached hydrogen (secondary N) is 1. The Kier molecular flexibility index (Phi) is 46.6. The molecule has 3 N–H and O–H groups in total. The molecule has 0 aromatic heterocycles. The number of hydrogen-bond acceptors (Lipinski definition) is 5. The van der Waals surface area contributed by atoms with E-state index in [9.17, 15) is 19.8 Å². The van der Waals surface area contributed by atoms with E-state index in [1.807, 2.05) is 0 Å². The summed E-state index contributed by atoms with van der Waals surface area (Å²) in [5.74, 6) is -0.538. The third kappa shape index (κ3) is 44.0. The van der Waals surface area contributed by atoms with Crippen LogP contribution < -0.4 is 5.32 Å². The number of unbranched alkanes of at least 4 members (excludes halogenated alkanes) is 27. The molecule has 61 heavy (non-hydrogen) atoms. The molecule has 3 atom stereocenters. The Morgan fingerprint density at radius 2 is 0.836 bits per heavy atom. The highest BCUT2D eigenvalue weighted by Gasteiger charge is 2.24. The molecule has 0 aliphatic carbocycles. The summed E-state index contributed by atoms with van der Waals surface area (Å²) < 4.78 is 5.91. The zero-order chi connectivity index (χ0) is 44.5. The van der Waals surface area contributed by atoms with E-state index in [2.05, 4.69) is 86.8 Å². The number of ether oxygens (including phenoxy) is 1. The minimum Gasteiger partial charge on any atom is -0.462 e. The van der Waals surface area contributed by atoms with Crippen LogP contribution in [0.2, 0.25) is 0 Å². The van der Waals surface area contributed by atoms with Gasteiger partial charge in [0.05, 0.1) is 25.2 Å². The summed E-state index contributed by atoms with van der Waals surface area (Å²) in [5.41, 5.74) is 0. The van der Waals surface area contributed by atoms with Crippen molar-refractivity contribution in [2.75, 3.05) is 6.61 Å². The molecule has 0 aromatic carbocycles. The van der Waals surface area contributed by atoms with E-state index >= 15 is 0 Å². The molecule has 0 aliphatic heterocycles. The Morgan fingerprint density at radius 1 is 0.475 bits per heavy atom. The lowest BCUT2D eigenvalue weighted by atomic mass is 10.0. The zero-order valence-electron chi connectivity index (χ0n) is 40.3. The van der Waals surface area contributed by atoms with Gasteiger partial charge in [0.25, 0.3) is 0 Å². The maximum absolute atomic E-state index is 13.2. The summed E-state index contributed by atoms with van der Waals surface area (Å²) in [6, 6.07) is -0.719. The number of carbonyl (C=O) groups excluding carboxylic acids is 2. The van der Waals surface area contributed by atoms with Crippen molar-refractivity contribution in [3.05, 3.63) is 60.8 Å². The first-order valence-electron chi connectivity index (χ1n) is 26.1. The molecule has 0 fully saturated rings. The van der Waals surface area contributed by atoms with Gasteiger partial charge in [-0.2, -0.15) is 0 Å². The van der Waals surface area contributed by atoms with Crippen molar-refractivity contribution in [1.82, 2.24) is 5.32 Å². The van der Waals surface area contributed by atoms with Gasteiger partial charge in [-0.05, 0) is 77.0 Å². The molecule has 0 radical (unpaired) electrons. The van der Waals surface area contributed by atoms with E-state index in [1.54, 1.807) is 0 Å². The van der Waals surface area contributed by atoms with Crippen molar-refractivity contribution in [1.29, 1.82) is 0 Å². The second kappa shape index (κ2) is 48.6. The molecule has 0 heterocycles. The first-order valence-corrected chi connectivity index (χ1v) is 26.1. The predicted octanol–water partition coefficient (Wildman–Crippen LogP) is 15.6. The first-order chi connectivity index (χ1) is 30.0. The van der Waals surface area contributed by atoms with Crippen molar-refractivity contribution in [3.8, 4) is 0 Å². The van der Waals surface area contributed by atoms with Gasteiger partial charge < -0.3 is 20.3 Å². The van der Waals surface area contributed by atoms with Crippen LogP contribution in [0.5, 0.6) is 0 Å². The molecule has 0 aromatic rings. The van der Waals surface area contributed by atoms with Crippen LogP contribution in [0, 0.1) is 0 Å². The van der Waals surface area contributed by atoms with Crippen LogP contribution in [0.25, 0.3) is 0 Å². The number of aliphatic hydroxyl groups excluding tert-OH is 2. The molecule has 1 amide bonds. The molecule has 0 spiro atoms. The maximum atomic E-state index is 13.2. The van der Waals surface area contributed by atoms with Crippen LogP contribution in [0.15, 0.2) is 60.8 Å². The summed E-state index contributed by atoms with van der Waals surface area (Å²) >= 11 is 0. The summed E-state index contributed by atoms with van der Waals surface area (Å²) in [7, 11) is 0. The van der Waals surface area contributed by atoms with E-state index in [0.717, 1.165) is 83.5 Å². The van der Waals surface area contributed by atoms with Gasteiger partial charge in [-0.15, -0.1) is 0 Å². The van der Waals surface area contributed by atoms with E-state index < -0.39 is 18.2 Å². The molecule has 0 rings (SSSR count). The van der Waals surface area contributed by atoms with Crippen molar-refractivity contribution >= 4 is 11.9 Å². The van der Waals surface area contributed by atoms with Gasteiger partial charge in [-0.1, -0.05) is 223 Å². The number of hydrogen-bond donors (Lipinski definition) is 3. The lowest BCUT2D eigenvalue weighted by Gasteiger charge is -2.24. The van der Waals surface area contributed by atoms with Crippen molar-refractivity contribution in [3.63, 3.8) is 0 Å².